The minimum Gasteiger partial charge on any atom is -0.305 e. The third kappa shape index (κ3) is 3.57. The molecule has 0 bridgehead atoms. The number of aliphatic imine (C=N–C) groups is 1. The van der Waals surface area contributed by atoms with Gasteiger partial charge in [-0.3, -0.25) is 9.79 Å². The zero-order valence-electron chi connectivity index (χ0n) is 5.87. The van der Waals surface area contributed by atoms with Crippen LogP contribution in [0.1, 0.15) is 0 Å². The van der Waals surface area contributed by atoms with Gasteiger partial charge in [-0.05, 0) is 0 Å². The van der Waals surface area contributed by atoms with E-state index in [0.717, 1.165) is 0 Å². The van der Waals surface area contributed by atoms with Crippen molar-refractivity contribution in [2.75, 3.05) is 12.3 Å². The first-order valence-corrected chi connectivity index (χ1v) is 3.89. The van der Waals surface area contributed by atoms with E-state index in [9.17, 15) is 4.79 Å². The van der Waals surface area contributed by atoms with Gasteiger partial charge >= 0.3 is 0 Å². The summed E-state index contributed by atoms with van der Waals surface area (Å²) in [5.74, 6) is 0.531. The van der Waals surface area contributed by atoms with Crippen LogP contribution in [0.2, 0.25) is 0 Å². The molecule has 0 aliphatic carbocycles. The van der Waals surface area contributed by atoms with Crippen molar-refractivity contribution in [1.29, 1.82) is 0 Å². The molecule has 11 heavy (non-hydrogen) atoms. The number of thioether (sulfide) groups is 1. The Labute approximate surface area is 80.1 Å². The summed E-state index contributed by atoms with van der Waals surface area (Å²) in [5, 5.41) is 3.33. The van der Waals surface area contributed by atoms with E-state index in [4.69, 9.17) is 0 Å². The molecule has 0 radical (unpaired) electrons. The molecule has 1 rings (SSSR count). The molecule has 0 saturated carbocycles. The van der Waals surface area contributed by atoms with E-state index in [2.05, 4.69) is 16.9 Å². The highest BCUT2D eigenvalue weighted by atomic mass is 79.9. The van der Waals surface area contributed by atoms with Gasteiger partial charge in [-0.2, -0.15) is 0 Å². The van der Waals surface area contributed by atoms with Crippen LogP contribution in [-0.2, 0) is 4.79 Å². The summed E-state index contributed by atoms with van der Waals surface area (Å²) in [6, 6.07) is 0. The second-order valence-corrected chi connectivity index (χ2v) is 2.74. The Morgan fingerprint density at radius 1 is 1.82 bits per heavy atom. The molecule has 1 N–H and O–H groups in total. The molecule has 0 atom stereocenters. The Balaban J connectivity index is 0.000001000. The average Bonchev–Trinajstić information content (AvgIpc) is 2.31. The van der Waals surface area contributed by atoms with Crippen molar-refractivity contribution in [1.82, 2.24) is 5.32 Å². The third-order valence-corrected chi connectivity index (χ3v) is 1.86. The number of nitrogens with one attached hydrogen (secondary N) is 1. The van der Waals surface area contributed by atoms with Gasteiger partial charge in [0, 0.05) is 0 Å². The van der Waals surface area contributed by atoms with Gasteiger partial charge in [-0.1, -0.05) is 17.8 Å². The highest BCUT2D eigenvalue weighted by Gasteiger charge is 2.15. The number of halogens is 1. The van der Waals surface area contributed by atoms with Crippen molar-refractivity contribution in [2.24, 2.45) is 4.99 Å². The van der Waals surface area contributed by atoms with E-state index in [1.807, 2.05) is 0 Å². The maximum absolute atomic E-state index is 10.6. The maximum atomic E-state index is 10.6. The molecule has 1 saturated heterocycles. The summed E-state index contributed by atoms with van der Waals surface area (Å²) < 4.78 is 0. The fraction of sp³-hybridized carbons (Fsp3) is 0.333. The molecule has 5 heteroatoms. The number of nitrogens with zero attached hydrogens (tertiary/aromatic N) is 1. The van der Waals surface area contributed by atoms with E-state index < -0.39 is 0 Å². The summed E-state index contributed by atoms with van der Waals surface area (Å²) in [5.41, 5.74) is 0. The van der Waals surface area contributed by atoms with Gasteiger partial charge in [0.15, 0.2) is 5.17 Å². The Kier molecular flexibility index (Phi) is 5.23. The van der Waals surface area contributed by atoms with Gasteiger partial charge in [0.05, 0.1) is 12.3 Å². The molecule has 3 nitrogen and oxygen atoms in total. The molecular weight excluding hydrogens is 228 g/mol. The predicted octanol–water partition coefficient (Wildman–Crippen LogP) is 0.969. The first-order valence-electron chi connectivity index (χ1n) is 2.91. The van der Waals surface area contributed by atoms with Crippen LogP contribution in [0.3, 0.4) is 0 Å². The Bertz CT molecular complexity index is 193. The van der Waals surface area contributed by atoms with Crippen LogP contribution >= 0.6 is 28.7 Å². The topological polar surface area (TPSA) is 41.5 Å². The normalized spacial score (nSPS) is 19.3. The van der Waals surface area contributed by atoms with Gasteiger partial charge in [0.2, 0.25) is 5.91 Å². The van der Waals surface area contributed by atoms with Crippen LogP contribution in [0.15, 0.2) is 17.6 Å². The molecule has 0 unspecified atom stereocenters. The van der Waals surface area contributed by atoms with E-state index >= 15 is 0 Å². The molecular formula is C6H9BrN2OS. The number of carbonyl (C=O) groups is 1. The molecule has 0 aromatic heterocycles. The SMILES string of the molecule is Br.C=CCN=C1NC(=O)CS1. The molecule has 62 valence electrons. The number of amides is 1. The molecule has 1 fully saturated rings. The standard InChI is InChI=1S/C6H8N2OS.BrH/c1-2-3-7-6-8-5(9)4-10-6;/h2H,1,3-4H2,(H,7,8,9);1H. The largest absolute Gasteiger partial charge is 0.305 e. The zero-order chi connectivity index (χ0) is 7.40. The quantitative estimate of drug-likeness (QED) is 0.727. The zero-order valence-corrected chi connectivity index (χ0v) is 8.40. The third-order valence-electron chi connectivity index (χ3n) is 0.950. The van der Waals surface area contributed by atoms with Crippen LogP contribution in [0.4, 0.5) is 0 Å². The second-order valence-electron chi connectivity index (χ2n) is 1.77. The first-order chi connectivity index (χ1) is 4.83. The molecule has 0 aromatic carbocycles. The number of rotatable bonds is 2. The summed E-state index contributed by atoms with van der Waals surface area (Å²) in [6.45, 7) is 4.08. The lowest BCUT2D eigenvalue weighted by molar-refractivity contribution is -0.116. The van der Waals surface area contributed by atoms with Crippen molar-refractivity contribution in [3.63, 3.8) is 0 Å². The van der Waals surface area contributed by atoms with E-state index in [1.165, 1.54) is 11.8 Å². The van der Waals surface area contributed by atoms with Gasteiger partial charge < -0.3 is 5.32 Å². The number of hydrogen-bond acceptors (Lipinski definition) is 3. The second kappa shape index (κ2) is 5.37. The summed E-state index contributed by atoms with van der Waals surface area (Å²) in [7, 11) is 0. The van der Waals surface area contributed by atoms with Gasteiger partial charge in [0.1, 0.15) is 0 Å². The van der Waals surface area contributed by atoms with E-state index in [-0.39, 0.29) is 22.9 Å². The summed E-state index contributed by atoms with van der Waals surface area (Å²) >= 11 is 1.43. The Hall–Kier alpha value is -0.290. The first kappa shape index (κ1) is 10.7. The lowest BCUT2D eigenvalue weighted by atomic mass is 10.6. The molecule has 0 spiro atoms. The van der Waals surface area contributed by atoms with Gasteiger partial charge in [0.25, 0.3) is 0 Å². The van der Waals surface area contributed by atoms with Crippen molar-refractivity contribution < 1.29 is 4.79 Å². The summed E-state index contributed by atoms with van der Waals surface area (Å²) in [6.07, 6.45) is 1.69. The van der Waals surface area contributed by atoms with Crippen LogP contribution in [0.5, 0.6) is 0 Å². The lowest BCUT2D eigenvalue weighted by Gasteiger charge is -1.90. The van der Waals surface area contributed by atoms with Crippen LogP contribution in [0, 0.1) is 0 Å². The highest BCUT2D eigenvalue weighted by molar-refractivity contribution is 8.93. The molecule has 0 aromatic rings. The minimum absolute atomic E-state index is 0. The van der Waals surface area contributed by atoms with Crippen molar-refractivity contribution >= 4 is 39.8 Å². The number of carbonyl (C=O) groups excluding carboxylic acids is 1. The van der Waals surface area contributed by atoms with Crippen molar-refractivity contribution in [3.05, 3.63) is 12.7 Å². The Morgan fingerprint density at radius 3 is 3.00 bits per heavy atom. The average molecular weight is 237 g/mol. The lowest BCUT2D eigenvalue weighted by Crippen LogP contribution is -2.20. The molecule has 1 aliphatic rings. The van der Waals surface area contributed by atoms with Gasteiger partial charge in [-0.25, -0.2) is 0 Å². The molecule has 1 heterocycles. The fourth-order valence-corrected chi connectivity index (χ4v) is 1.25. The fourth-order valence-electron chi connectivity index (χ4n) is 0.558. The maximum Gasteiger partial charge on any atom is 0.236 e. The van der Waals surface area contributed by atoms with Crippen molar-refractivity contribution in [3.8, 4) is 0 Å². The monoisotopic (exact) mass is 236 g/mol. The van der Waals surface area contributed by atoms with Crippen LogP contribution in [0.25, 0.3) is 0 Å². The molecule has 1 amide bonds. The highest BCUT2D eigenvalue weighted by Crippen LogP contribution is 2.07. The minimum atomic E-state index is 0. The van der Waals surface area contributed by atoms with Crippen molar-refractivity contribution in [2.45, 2.75) is 0 Å². The predicted molar refractivity (Wildman–Crippen MR) is 53.4 cm³/mol. The molecule has 1 aliphatic heterocycles. The number of amidine groups is 1. The van der Waals surface area contributed by atoms with E-state index in [1.54, 1.807) is 6.08 Å². The summed E-state index contributed by atoms with van der Waals surface area (Å²) in [4.78, 5) is 14.6. The number of hydrogen-bond donors (Lipinski definition) is 1. The van der Waals surface area contributed by atoms with Gasteiger partial charge in [-0.15, -0.1) is 23.6 Å². The van der Waals surface area contributed by atoms with Crippen LogP contribution in [-0.4, -0.2) is 23.4 Å². The smallest absolute Gasteiger partial charge is 0.236 e. The van der Waals surface area contributed by atoms with E-state index in [0.29, 0.717) is 17.5 Å². The van der Waals surface area contributed by atoms with Crippen LogP contribution < -0.4 is 5.32 Å². The Morgan fingerprint density at radius 2 is 2.55 bits per heavy atom.